The fraction of sp³-hybridized carbons (Fsp3) is 0.350. The minimum absolute atomic E-state index is 0.0785. The van der Waals surface area contributed by atoms with Crippen LogP contribution in [0.3, 0.4) is 0 Å². The fourth-order valence-corrected chi connectivity index (χ4v) is 5.13. The van der Waals surface area contributed by atoms with E-state index >= 15 is 0 Å². The Morgan fingerprint density at radius 1 is 1.16 bits per heavy atom. The molecule has 0 saturated carbocycles. The summed E-state index contributed by atoms with van der Waals surface area (Å²) >= 11 is 0. The second kappa shape index (κ2) is 7.82. The van der Waals surface area contributed by atoms with Crippen molar-refractivity contribution in [2.75, 3.05) is 13.1 Å². The van der Waals surface area contributed by atoms with Crippen molar-refractivity contribution in [3.05, 3.63) is 63.2 Å². The van der Waals surface area contributed by atoms with Gasteiger partial charge >= 0.3 is 5.69 Å². The van der Waals surface area contributed by atoms with E-state index in [0.29, 0.717) is 24.9 Å². The van der Waals surface area contributed by atoms with E-state index in [4.69, 9.17) is 4.42 Å². The number of aryl methyl sites for hydroxylation is 1. The summed E-state index contributed by atoms with van der Waals surface area (Å²) < 4.78 is 36.0. The molecule has 3 aromatic rings. The predicted octanol–water partition coefficient (Wildman–Crippen LogP) is 0.413. The number of nitrogens with one attached hydrogen (secondary N) is 1. The van der Waals surface area contributed by atoms with Gasteiger partial charge in [0.05, 0.1) is 22.1 Å². The first-order valence-electron chi connectivity index (χ1n) is 9.74. The Bertz CT molecular complexity index is 1370. The summed E-state index contributed by atoms with van der Waals surface area (Å²) in [6, 6.07) is 6.79. The van der Waals surface area contributed by atoms with Crippen molar-refractivity contribution in [1.29, 1.82) is 0 Å². The lowest BCUT2D eigenvalue weighted by Gasteiger charge is -2.32. The van der Waals surface area contributed by atoms with Gasteiger partial charge in [0.25, 0.3) is 11.5 Å². The van der Waals surface area contributed by atoms with Gasteiger partial charge in [0.15, 0.2) is 5.76 Å². The normalized spacial score (nSPS) is 17.2. The zero-order valence-electron chi connectivity index (χ0n) is 17.1. The number of hydrogen-bond acceptors (Lipinski definition) is 6. The first-order chi connectivity index (χ1) is 14.7. The van der Waals surface area contributed by atoms with Crippen molar-refractivity contribution < 1.29 is 17.6 Å². The van der Waals surface area contributed by atoms with Gasteiger partial charge in [-0.1, -0.05) is 0 Å². The molecule has 1 N–H and O–H groups in total. The fourth-order valence-electron chi connectivity index (χ4n) is 3.84. The number of rotatable bonds is 4. The minimum atomic E-state index is -3.95. The van der Waals surface area contributed by atoms with Gasteiger partial charge in [0.2, 0.25) is 10.0 Å². The minimum Gasteiger partial charge on any atom is -0.459 e. The third-order valence-electron chi connectivity index (χ3n) is 5.51. The van der Waals surface area contributed by atoms with E-state index < -0.39 is 27.3 Å². The number of benzene rings is 1. The second-order valence-electron chi connectivity index (χ2n) is 7.57. The van der Waals surface area contributed by atoms with Crippen LogP contribution >= 0.6 is 0 Å². The summed E-state index contributed by atoms with van der Waals surface area (Å²) in [5, 5.41) is 0.130. The van der Waals surface area contributed by atoms with E-state index in [-0.39, 0.29) is 28.5 Å². The summed E-state index contributed by atoms with van der Waals surface area (Å²) in [5.41, 5.74) is -0.710. The molecular formula is C20H22N4O6S. The highest BCUT2D eigenvalue weighted by Crippen LogP contribution is 2.19. The van der Waals surface area contributed by atoms with Crippen LogP contribution in [0.25, 0.3) is 10.9 Å². The van der Waals surface area contributed by atoms with Gasteiger partial charge in [-0.15, -0.1) is 0 Å². The molecule has 164 valence electrons. The Morgan fingerprint density at radius 3 is 2.65 bits per heavy atom. The Kier molecular flexibility index (Phi) is 5.31. The number of nitrogens with zero attached hydrogens (tertiary/aromatic N) is 3. The molecule has 1 fully saturated rings. The van der Waals surface area contributed by atoms with E-state index in [2.05, 4.69) is 4.72 Å². The molecule has 31 heavy (non-hydrogen) atoms. The Hall–Kier alpha value is -3.18. The highest BCUT2D eigenvalue weighted by Gasteiger charge is 2.29. The molecule has 0 aliphatic carbocycles. The predicted molar refractivity (Wildman–Crippen MR) is 112 cm³/mol. The van der Waals surface area contributed by atoms with E-state index in [1.165, 1.54) is 43.1 Å². The zero-order chi connectivity index (χ0) is 22.3. The lowest BCUT2D eigenvalue weighted by molar-refractivity contribution is 0.0671. The van der Waals surface area contributed by atoms with Crippen molar-refractivity contribution >= 4 is 26.8 Å². The quantitative estimate of drug-likeness (QED) is 0.619. The maximum atomic E-state index is 13.0. The van der Waals surface area contributed by atoms with Gasteiger partial charge in [-0.3, -0.25) is 18.7 Å². The second-order valence-corrected chi connectivity index (χ2v) is 9.29. The molecule has 1 unspecified atom stereocenters. The maximum Gasteiger partial charge on any atom is 0.330 e. The van der Waals surface area contributed by atoms with E-state index in [9.17, 15) is 22.8 Å². The van der Waals surface area contributed by atoms with Gasteiger partial charge in [-0.05, 0) is 43.2 Å². The number of piperidine rings is 1. The number of aromatic nitrogens is 2. The molecule has 1 aromatic carbocycles. The summed E-state index contributed by atoms with van der Waals surface area (Å²) in [6.45, 7) is 0.723. The molecule has 0 radical (unpaired) electrons. The van der Waals surface area contributed by atoms with Crippen LogP contribution in [-0.4, -0.2) is 47.5 Å². The monoisotopic (exact) mass is 446 g/mol. The molecule has 1 saturated heterocycles. The molecule has 3 heterocycles. The Balaban J connectivity index is 1.60. The van der Waals surface area contributed by atoms with Crippen LogP contribution in [-0.2, 0) is 24.1 Å². The van der Waals surface area contributed by atoms with Crippen molar-refractivity contribution in [2.24, 2.45) is 14.1 Å². The molecule has 1 amide bonds. The average Bonchev–Trinajstić information content (AvgIpc) is 3.30. The molecule has 0 bridgehead atoms. The summed E-state index contributed by atoms with van der Waals surface area (Å²) in [6.07, 6.45) is 2.63. The lowest BCUT2D eigenvalue weighted by Crippen LogP contribution is -2.49. The van der Waals surface area contributed by atoms with Crippen LogP contribution in [0.1, 0.15) is 23.4 Å². The number of furan rings is 1. The number of amides is 1. The Morgan fingerprint density at radius 2 is 1.94 bits per heavy atom. The third-order valence-corrected chi connectivity index (χ3v) is 7.03. The SMILES string of the molecule is Cn1c(=O)c2cc(S(=O)(=O)NC3CCCN(C(=O)c4ccco4)C3)ccc2n(C)c1=O. The smallest absolute Gasteiger partial charge is 0.330 e. The van der Waals surface area contributed by atoms with Crippen LogP contribution < -0.4 is 16.0 Å². The number of carbonyl (C=O) groups is 1. The highest BCUT2D eigenvalue weighted by molar-refractivity contribution is 7.89. The molecule has 1 aliphatic rings. The third kappa shape index (κ3) is 3.81. The number of sulfonamides is 1. The molecule has 1 aliphatic heterocycles. The first kappa shape index (κ1) is 21.1. The van der Waals surface area contributed by atoms with E-state index in [0.717, 1.165) is 4.57 Å². The molecule has 10 nitrogen and oxygen atoms in total. The van der Waals surface area contributed by atoms with Crippen molar-refractivity contribution in [3.63, 3.8) is 0 Å². The average molecular weight is 446 g/mol. The van der Waals surface area contributed by atoms with Crippen molar-refractivity contribution in [2.45, 2.75) is 23.8 Å². The standard InChI is InChI=1S/C20H22N4O6S/c1-22-16-8-7-14(11-15(16)18(25)23(2)20(22)27)31(28,29)21-13-5-3-9-24(12-13)19(26)17-6-4-10-30-17/h4,6-8,10-11,13,21H,3,5,9,12H2,1-2H3. The highest BCUT2D eigenvalue weighted by atomic mass is 32.2. The zero-order valence-corrected chi connectivity index (χ0v) is 17.9. The lowest BCUT2D eigenvalue weighted by atomic mass is 10.1. The Labute approximate surface area is 177 Å². The largest absolute Gasteiger partial charge is 0.459 e. The van der Waals surface area contributed by atoms with Gasteiger partial charge in [0, 0.05) is 33.2 Å². The topological polar surface area (TPSA) is 124 Å². The van der Waals surface area contributed by atoms with Crippen LogP contribution in [0, 0.1) is 0 Å². The van der Waals surface area contributed by atoms with Crippen LogP contribution in [0.2, 0.25) is 0 Å². The van der Waals surface area contributed by atoms with Crippen molar-refractivity contribution in [1.82, 2.24) is 18.8 Å². The molecule has 11 heteroatoms. The van der Waals surface area contributed by atoms with Gasteiger partial charge in [-0.25, -0.2) is 17.9 Å². The van der Waals surface area contributed by atoms with Crippen LogP contribution in [0.5, 0.6) is 0 Å². The summed E-state index contributed by atoms with van der Waals surface area (Å²) in [7, 11) is -1.09. The molecule has 4 rings (SSSR count). The van der Waals surface area contributed by atoms with Crippen LogP contribution in [0.15, 0.2) is 55.5 Å². The van der Waals surface area contributed by atoms with E-state index in [1.54, 1.807) is 17.0 Å². The molecule has 1 atom stereocenters. The van der Waals surface area contributed by atoms with Gasteiger partial charge in [-0.2, -0.15) is 0 Å². The van der Waals surface area contributed by atoms with Gasteiger partial charge in [0.1, 0.15) is 0 Å². The maximum absolute atomic E-state index is 13.0. The van der Waals surface area contributed by atoms with Crippen molar-refractivity contribution in [3.8, 4) is 0 Å². The van der Waals surface area contributed by atoms with Crippen LogP contribution in [0.4, 0.5) is 0 Å². The summed E-state index contributed by atoms with van der Waals surface area (Å²) in [5.74, 6) is -0.0801. The number of hydrogen-bond donors (Lipinski definition) is 1. The molecule has 2 aromatic heterocycles. The number of likely N-dealkylation sites (tertiary alicyclic amines) is 1. The number of carbonyl (C=O) groups excluding carboxylic acids is 1. The number of fused-ring (bicyclic) bond motifs is 1. The van der Waals surface area contributed by atoms with E-state index in [1.807, 2.05) is 0 Å². The van der Waals surface area contributed by atoms with Gasteiger partial charge < -0.3 is 9.32 Å². The first-order valence-corrected chi connectivity index (χ1v) is 11.2. The summed E-state index contributed by atoms with van der Waals surface area (Å²) in [4.78, 5) is 38.5. The molecular weight excluding hydrogens is 424 g/mol. The molecule has 0 spiro atoms.